The van der Waals surface area contributed by atoms with E-state index in [0.29, 0.717) is 12.0 Å². The van der Waals surface area contributed by atoms with Crippen LogP contribution >= 0.6 is 0 Å². The summed E-state index contributed by atoms with van der Waals surface area (Å²) < 4.78 is 31.9. The number of furan rings is 1. The molecular formula is C14H15F2NO. The van der Waals surface area contributed by atoms with Crippen LogP contribution in [-0.4, -0.2) is 7.05 Å². The summed E-state index contributed by atoms with van der Waals surface area (Å²) in [5.74, 6) is 0.466. The normalized spacial score (nSPS) is 12.7. The zero-order chi connectivity index (χ0) is 13.1. The van der Waals surface area contributed by atoms with Crippen molar-refractivity contribution in [3.8, 4) is 0 Å². The van der Waals surface area contributed by atoms with Crippen LogP contribution in [0.25, 0.3) is 0 Å². The Balaban J connectivity index is 2.20. The minimum atomic E-state index is -0.564. The Bertz CT molecular complexity index is 536. The largest absolute Gasteiger partial charge is 0.465 e. The number of likely N-dealkylation sites (N-methyl/N-ethyl adjacent to an activating group) is 1. The molecule has 1 unspecified atom stereocenters. The molecule has 0 spiro atoms. The molecule has 0 aliphatic rings. The maximum atomic E-state index is 13.6. The zero-order valence-corrected chi connectivity index (χ0v) is 10.3. The van der Waals surface area contributed by atoms with Crippen LogP contribution in [0.4, 0.5) is 8.78 Å². The van der Waals surface area contributed by atoms with Gasteiger partial charge in [0.1, 0.15) is 23.2 Å². The van der Waals surface area contributed by atoms with Gasteiger partial charge in [0.05, 0.1) is 6.04 Å². The highest BCUT2D eigenvalue weighted by atomic mass is 19.1. The molecule has 2 aromatic rings. The third kappa shape index (κ3) is 2.76. The Morgan fingerprint density at radius 1 is 1.22 bits per heavy atom. The minimum Gasteiger partial charge on any atom is -0.465 e. The number of benzene rings is 1. The van der Waals surface area contributed by atoms with Crippen molar-refractivity contribution in [1.82, 2.24) is 5.32 Å². The molecule has 1 N–H and O–H groups in total. The van der Waals surface area contributed by atoms with Gasteiger partial charge in [0.15, 0.2) is 0 Å². The molecule has 0 saturated carbocycles. The zero-order valence-electron chi connectivity index (χ0n) is 10.3. The van der Waals surface area contributed by atoms with E-state index in [2.05, 4.69) is 5.32 Å². The number of rotatable bonds is 4. The van der Waals surface area contributed by atoms with Crippen molar-refractivity contribution in [1.29, 1.82) is 0 Å². The lowest BCUT2D eigenvalue weighted by Gasteiger charge is -2.14. The molecule has 1 aromatic carbocycles. The van der Waals surface area contributed by atoms with Gasteiger partial charge in [-0.2, -0.15) is 0 Å². The van der Waals surface area contributed by atoms with Crippen molar-refractivity contribution in [2.24, 2.45) is 0 Å². The van der Waals surface area contributed by atoms with Crippen LogP contribution in [-0.2, 0) is 6.42 Å². The van der Waals surface area contributed by atoms with Gasteiger partial charge in [0, 0.05) is 6.07 Å². The van der Waals surface area contributed by atoms with Gasteiger partial charge in [0.2, 0.25) is 0 Å². The number of aryl methyl sites for hydroxylation is 1. The highest BCUT2D eigenvalue weighted by molar-refractivity contribution is 5.22. The van der Waals surface area contributed by atoms with E-state index in [1.54, 1.807) is 7.05 Å². The van der Waals surface area contributed by atoms with Crippen molar-refractivity contribution in [3.05, 3.63) is 59.1 Å². The Kier molecular flexibility index (Phi) is 3.77. The van der Waals surface area contributed by atoms with Crippen LogP contribution in [0.3, 0.4) is 0 Å². The first-order chi connectivity index (χ1) is 8.60. The first kappa shape index (κ1) is 12.8. The first-order valence-corrected chi connectivity index (χ1v) is 5.77. The van der Waals surface area contributed by atoms with Crippen LogP contribution in [0.15, 0.2) is 34.7 Å². The lowest BCUT2D eigenvalue weighted by molar-refractivity contribution is 0.411. The molecule has 18 heavy (non-hydrogen) atoms. The third-order valence-corrected chi connectivity index (χ3v) is 2.89. The summed E-state index contributed by atoms with van der Waals surface area (Å²) >= 11 is 0. The second-order valence-electron chi connectivity index (χ2n) is 4.23. The van der Waals surface area contributed by atoms with Crippen molar-refractivity contribution in [2.75, 3.05) is 7.05 Å². The van der Waals surface area contributed by atoms with Crippen LogP contribution in [0.2, 0.25) is 0 Å². The van der Waals surface area contributed by atoms with E-state index in [1.807, 2.05) is 19.1 Å². The fourth-order valence-electron chi connectivity index (χ4n) is 1.89. The van der Waals surface area contributed by atoms with Crippen LogP contribution in [0.1, 0.15) is 23.1 Å². The van der Waals surface area contributed by atoms with Crippen molar-refractivity contribution in [2.45, 2.75) is 19.4 Å². The standard InChI is InChI=1S/C14H15F2NO/c1-9-3-6-14(18-9)13(17-2)7-10-4-5-11(15)8-12(10)16/h3-6,8,13,17H,7H2,1-2H3. The molecule has 1 heterocycles. The molecule has 2 nitrogen and oxygen atoms in total. The number of halogens is 2. The van der Waals surface area contributed by atoms with Crippen molar-refractivity contribution in [3.63, 3.8) is 0 Å². The van der Waals surface area contributed by atoms with E-state index in [1.165, 1.54) is 12.1 Å². The predicted octanol–water partition coefficient (Wildman–Crippen LogP) is 3.37. The lowest BCUT2D eigenvalue weighted by atomic mass is 10.0. The molecule has 0 radical (unpaired) electrons. The number of hydrogen-bond donors (Lipinski definition) is 1. The van der Waals surface area contributed by atoms with E-state index < -0.39 is 11.6 Å². The van der Waals surface area contributed by atoms with Gasteiger partial charge in [-0.3, -0.25) is 0 Å². The van der Waals surface area contributed by atoms with Crippen molar-refractivity contribution < 1.29 is 13.2 Å². The fraction of sp³-hybridized carbons (Fsp3) is 0.286. The van der Waals surface area contributed by atoms with Gasteiger partial charge in [-0.05, 0) is 44.2 Å². The molecule has 4 heteroatoms. The summed E-state index contributed by atoms with van der Waals surface area (Å²) in [7, 11) is 1.78. The average molecular weight is 251 g/mol. The van der Waals surface area contributed by atoms with Crippen molar-refractivity contribution >= 4 is 0 Å². The van der Waals surface area contributed by atoms with E-state index in [0.717, 1.165) is 17.6 Å². The van der Waals surface area contributed by atoms with Gasteiger partial charge < -0.3 is 9.73 Å². The minimum absolute atomic E-state index is 0.126. The Hall–Kier alpha value is -1.68. The monoisotopic (exact) mass is 251 g/mol. The summed E-state index contributed by atoms with van der Waals surface area (Å²) in [5, 5.41) is 3.07. The Morgan fingerprint density at radius 2 is 2.00 bits per heavy atom. The fourth-order valence-corrected chi connectivity index (χ4v) is 1.89. The van der Waals surface area contributed by atoms with Gasteiger partial charge in [-0.15, -0.1) is 0 Å². The van der Waals surface area contributed by atoms with Crippen LogP contribution < -0.4 is 5.32 Å². The molecule has 0 amide bonds. The molecule has 0 aliphatic heterocycles. The maximum Gasteiger partial charge on any atom is 0.129 e. The molecule has 0 bridgehead atoms. The smallest absolute Gasteiger partial charge is 0.129 e. The molecule has 1 atom stereocenters. The van der Waals surface area contributed by atoms with E-state index in [4.69, 9.17) is 4.42 Å². The average Bonchev–Trinajstić information content (AvgIpc) is 2.75. The third-order valence-electron chi connectivity index (χ3n) is 2.89. The maximum absolute atomic E-state index is 13.6. The van der Waals surface area contributed by atoms with Crippen LogP contribution in [0.5, 0.6) is 0 Å². The van der Waals surface area contributed by atoms with Gasteiger partial charge in [-0.25, -0.2) is 8.78 Å². The molecule has 96 valence electrons. The van der Waals surface area contributed by atoms with Gasteiger partial charge in [-0.1, -0.05) is 6.07 Å². The highest BCUT2D eigenvalue weighted by Crippen LogP contribution is 2.22. The number of hydrogen-bond acceptors (Lipinski definition) is 2. The Morgan fingerprint density at radius 3 is 2.56 bits per heavy atom. The lowest BCUT2D eigenvalue weighted by Crippen LogP contribution is -2.18. The summed E-state index contributed by atoms with van der Waals surface area (Å²) in [6, 6.07) is 7.22. The first-order valence-electron chi connectivity index (χ1n) is 5.77. The molecule has 0 saturated heterocycles. The highest BCUT2D eigenvalue weighted by Gasteiger charge is 2.16. The summed E-state index contributed by atoms with van der Waals surface area (Å²) in [6.45, 7) is 1.86. The second-order valence-corrected chi connectivity index (χ2v) is 4.23. The van der Waals surface area contributed by atoms with E-state index in [-0.39, 0.29) is 6.04 Å². The SMILES string of the molecule is CNC(Cc1ccc(F)cc1F)c1ccc(C)o1. The topological polar surface area (TPSA) is 25.2 Å². The van der Waals surface area contributed by atoms with Gasteiger partial charge >= 0.3 is 0 Å². The molecule has 0 aliphatic carbocycles. The summed E-state index contributed by atoms with van der Waals surface area (Å²) in [6.07, 6.45) is 0.412. The molecule has 0 fully saturated rings. The number of nitrogens with one attached hydrogen (secondary N) is 1. The van der Waals surface area contributed by atoms with E-state index in [9.17, 15) is 8.78 Å². The van der Waals surface area contributed by atoms with Gasteiger partial charge in [0.25, 0.3) is 0 Å². The summed E-state index contributed by atoms with van der Waals surface area (Å²) in [5.41, 5.74) is 0.463. The Labute approximate surface area is 105 Å². The molecule has 1 aromatic heterocycles. The molecule has 2 rings (SSSR count). The summed E-state index contributed by atoms with van der Waals surface area (Å²) in [4.78, 5) is 0. The van der Waals surface area contributed by atoms with Crippen LogP contribution in [0, 0.1) is 18.6 Å². The van der Waals surface area contributed by atoms with E-state index >= 15 is 0 Å². The predicted molar refractivity (Wildman–Crippen MR) is 65.3 cm³/mol. The quantitative estimate of drug-likeness (QED) is 0.901. The second kappa shape index (κ2) is 5.31. The molecular weight excluding hydrogens is 236 g/mol.